The van der Waals surface area contributed by atoms with Crippen molar-refractivity contribution in [3.8, 4) is 0 Å². The van der Waals surface area contributed by atoms with Gasteiger partial charge >= 0.3 is 6.09 Å². The summed E-state index contributed by atoms with van der Waals surface area (Å²) in [6.45, 7) is 0. The molecular formula is C8H12N2O3. The highest BCUT2D eigenvalue weighted by Gasteiger charge is 2.45. The van der Waals surface area contributed by atoms with E-state index >= 15 is 0 Å². The van der Waals surface area contributed by atoms with Crippen LogP contribution in [0.15, 0.2) is 0 Å². The van der Waals surface area contributed by atoms with Crippen molar-refractivity contribution in [2.24, 2.45) is 5.92 Å². The van der Waals surface area contributed by atoms with Gasteiger partial charge < -0.3 is 15.7 Å². The molecule has 0 unspecified atom stereocenters. The molecule has 5 nitrogen and oxygen atoms in total. The highest BCUT2D eigenvalue weighted by Crippen LogP contribution is 2.32. The molecule has 13 heavy (non-hydrogen) atoms. The lowest BCUT2D eigenvalue weighted by Gasteiger charge is -2.14. The second-order valence-electron chi connectivity index (χ2n) is 3.64. The van der Waals surface area contributed by atoms with Crippen LogP contribution in [0.3, 0.4) is 0 Å². The third-order valence-electron chi connectivity index (χ3n) is 2.89. The number of carboxylic acid groups (broad SMARTS) is 1. The molecule has 0 aromatic heterocycles. The van der Waals surface area contributed by atoms with Gasteiger partial charge in [-0.1, -0.05) is 6.42 Å². The van der Waals surface area contributed by atoms with Crippen LogP contribution in [0.2, 0.25) is 0 Å². The van der Waals surface area contributed by atoms with E-state index in [0.29, 0.717) is 0 Å². The zero-order valence-electron chi connectivity index (χ0n) is 7.12. The molecule has 1 heterocycles. The van der Waals surface area contributed by atoms with Crippen LogP contribution in [0.4, 0.5) is 4.79 Å². The van der Waals surface area contributed by atoms with E-state index in [1.54, 1.807) is 0 Å². The van der Waals surface area contributed by atoms with E-state index < -0.39 is 12.1 Å². The quantitative estimate of drug-likeness (QED) is 0.533. The molecule has 0 radical (unpaired) electrons. The molecule has 3 atom stereocenters. The van der Waals surface area contributed by atoms with Gasteiger partial charge in [0, 0.05) is 12.0 Å². The van der Waals surface area contributed by atoms with Gasteiger partial charge in [0.05, 0.1) is 0 Å². The lowest BCUT2D eigenvalue weighted by Crippen LogP contribution is -2.42. The van der Waals surface area contributed by atoms with Crippen LogP contribution < -0.4 is 10.6 Å². The molecule has 0 bridgehead atoms. The molecule has 2 amide bonds. The maximum atomic E-state index is 11.3. The van der Waals surface area contributed by atoms with E-state index in [-0.39, 0.29) is 17.9 Å². The van der Waals surface area contributed by atoms with Crippen LogP contribution in [0.1, 0.15) is 19.3 Å². The van der Waals surface area contributed by atoms with Gasteiger partial charge in [-0.2, -0.15) is 0 Å². The van der Waals surface area contributed by atoms with Crippen molar-refractivity contribution in [3.63, 3.8) is 0 Å². The van der Waals surface area contributed by atoms with Gasteiger partial charge in [-0.05, 0) is 12.8 Å². The molecule has 3 N–H and O–H groups in total. The molecule has 1 saturated heterocycles. The summed E-state index contributed by atoms with van der Waals surface area (Å²) >= 11 is 0. The van der Waals surface area contributed by atoms with Gasteiger partial charge in [-0.15, -0.1) is 0 Å². The van der Waals surface area contributed by atoms with Crippen molar-refractivity contribution in [3.05, 3.63) is 0 Å². The summed E-state index contributed by atoms with van der Waals surface area (Å²) in [5.74, 6) is 0.000648. The molecular weight excluding hydrogens is 172 g/mol. The molecule has 0 aromatic rings. The Morgan fingerprint density at radius 3 is 3.00 bits per heavy atom. The summed E-state index contributed by atoms with van der Waals surface area (Å²) in [5, 5.41) is 13.6. The van der Waals surface area contributed by atoms with E-state index in [0.717, 1.165) is 19.3 Å². The lowest BCUT2D eigenvalue weighted by atomic mass is 9.99. The van der Waals surface area contributed by atoms with Crippen LogP contribution in [0.25, 0.3) is 0 Å². The number of amides is 2. The summed E-state index contributed by atoms with van der Waals surface area (Å²) in [6, 6.07) is -0.325. The van der Waals surface area contributed by atoms with Crippen molar-refractivity contribution < 1.29 is 14.7 Å². The minimum atomic E-state index is -1.12. The zero-order valence-corrected chi connectivity index (χ0v) is 7.12. The Balaban J connectivity index is 2.08. The molecule has 0 spiro atoms. The topological polar surface area (TPSA) is 78.4 Å². The standard InChI is InChI=1S/C8H12N2O3/c11-7-6(10-8(12)13)4-2-1-3-5(4)9-7/h4-6,10H,1-3H2,(H,9,11)(H,12,13)/t4-,5+,6+/m1/s1. The Kier molecular flexibility index (Phi) is 1.86. The van der Waals surface area contributed by atoms with Crippen molar-refractivity contribution in [2.75, 3.05) is 0 Å². The van der Waals surface area contributed by atoms with Crippen molar-refractivity contribution in [1.82, 2.24) is 10.6 Å². The number of hydrogen-bond donors (Lipinski definition) is 3. The molecule has 0 aromatic carbocycles. The average molecular weight is 184 g/mol. The van der Waals surface area contributed by atoms with Crippen LogP contribution in [-0.2, 0) is 4.79 Å². The van der Waals surface area contributed by atoms with Gasteiger partial charge in [-0.3, -0.25) is 4.79 Å². The minimum absolute atomic E-state index is 0.169. The Morgan fingerprint density at radius 2 is 2.31 bits per heavy atom. The van der Waals surface area contributed by atoms with Gasteiger partial charge in [0.2, 0.25) is 5.91 Å². The number of fused-ring (bicyclic) bond motifs is 1. The number of hydrogen-bond acceptors (Lipinski definition) is 2. The maximum absolute atomic E-state index is 11.3. The lowest BCUT2D eigenvalue weighted by molar-refractivity contribution is -0.121. The van der Waals surface area contributed by atoms with E-state index in [1.807, 2.05) is 0 Å². The first-order valence-corrected chi connectivity index (χ1v) is 4.48. The van der Waals surface area contributed by atoms with E-state index in [1.165, 1.54) is 0 Å². The highest BCUT2D eigenvalue weighted by molar-refractivity contribution is 5.88. The second kappa shape index (κ2) is 2.90. The maximum Gasteiger partial charge on any atom is 0.405 e. The van der Waals surface area contributed by atoms with E-state index in [2.05, 4.69) is 10.6 Å². The normalized spacial score (nSPS) is 36.9. The fourth-order valence-electron chi connectivity index (χ4n) is 2.34. The first kappa shape index (κ1) is 8.34. The van der Waals surface area contributed by atoms with Crippen molar-refractivity contribution in [2.45, 2.75) is 31.3 Å². The molecule has 1 saturated carbocycles. The zero-order chi connectivity index (χ0) is 9.42. The van der Waals surface area contributed by atoms with E-state index in [4.69, 9.17) is 5.11 Å². The summed E-state index contributed by atoms with van der Waals surface area (Å²) in [7, 11) is 0. The van der Waals surface area contributed by atoms with Crippen LogP contribution >= 0.6 is 0 Å². The van der Waals surface area contributed by atoms with Gasteiger partial charge in [0.15, 0.2) is 0 Å². The first-order valence-electron chi connectivity index (χ1n) is 4.48. The predicted molar refractivity (Wildman–Crippen MR) is 44.2 cm³/mol. The molecule has 1 aliphatic heterocycles. The molecule has 1 aliphatic carbocycles. The van der Waals surface area contributed by atoms with Gasteiger partial charge in [0.1, 0.15) is 6.04 Å². The Hall–Kier alpha value is -1.26. The smallest absolute Gasteiger partial charge is 0.405 e. The summed E-state index contributed by atoms with van der Waals surface area (Å²) in [6.07, 6.45) is 1.88. The number of carbonyl (C=O) groups is 2. The molecule has 5 heteroatoms. The predicted octanol–water partition coefficient (Wildman–Crippen LogP) is -0.0789. The van der Waals surface area contributed by atoms with Crippen LogP contribution in [0, 0.1) is 5.92 Å². The number of carbonyl (C=O) groups excluding carboxylic acids is 1. The summed E-state index contributed by atoms with van der Waals surface area (Å²) in [4.78, 5) is 21.7. The van der Waals surface area contributed by atoms with E-state index in [9.17, 15) is 9.59 Å². The monoisotopic (exact) mass is 184 g/mol. The van der Waals surface area contributed by atoms with Gasteiger partial charge in [0.25, 0.3) is 0 Å². The minimum Gasteiger partial charge on any atom is -0.465 e. The van der Waals surface area contributed by atoms with Gasteiger partial charge in [-0.25, -0.2) is 4.79 Å². The fourth-order valence-corrected chi connectivity index (χ4v) is 2.34. The third kappa shape index (κ3) is 1.34. The van der Waals surface area contributed by atoms with Crippen LogP contribution in [0.5, 0.6) is 0 Å². The van der Waals surface area contributed by atoms with Crippen LogP contribution in [-0.4, -0.2) is 29.2 Å². The number of nitrogens with one attached hydrogen (secondary N) is 2. The molecule has 2 aliphatic rings. The SMILES string of the molecule is O=C(O)N[C@@H]1C(=O)N[C@H]2CCC[C@H]21. The third-order valence-corrected chi connectivity index (χ3v) is 2.89. The average Bonchev–Trinajstić information content (AvgIpc) is 2.55. The second-order valence-corrected chi connectivity index (χ2v) is 3.64. The fraction of sp³-hybridized carbons (Fsp3) is 0.750. The molecule has 2 fully saturated rings. The Morgan fingerprint density at radius 1 is 1.54 bits per heavy atom. The largest absolute Gasteiger partial charge is 0.465 e. The summed E-state index contributed by atoms with van der Waals surface area (Å²) in [5.41, 5.74) is 0. The number of rotatable bonds is 1. The first-order chi connectivity index (χ1) is 6.18. The van der Waals surface area contributed by atoms with Crippen molar-refractivity contribution in [1.29, 1.82) is 0 Å². The summed E-state index contributed by atoms with van der Waals surface area (Å²) < 4.78 is 0. The van der Waals surface area contributed by atoms with Crippen molar-refractivity contribution >= 4 is 12.0 Å². The molecule has 72 valence electrons. The Labute approximate surface area is 75.5 Å². The molecule has 2 rings (SSSR count). The Bertz CT molecular complexity index is 254. The highest BCUT2D eigenvalue weighted by atomic mass is 16.4.